The number of aliphatic imine (C=N–C) groups is 1. The summed E-state index contributed by atoms with van der Waals surface area (Å²) in [6.07, 6.45) is 5.81. The topological polar surface area (TPSA) is 334 Å². The highest BCUT2D eigenvalue weighted by Crippen LogP contribution is 2.29. The summed E-state index contributed by atoms with van der Waals surface area (Å²) in [6.45, 7) is -0.133. The largest absolute Gasteiger partial charge is 0.508 e. The van der Waals surface area contributed by atoms with Crippen molar-refractivity contribution >= 4 is 47.3 Å². The Hall–Kier alpha value is -5.50. The Morgan fingerprint density at radius 1 is 0.754 bits per heavy atom. The van der Waals surface area contributed by atoms with E-state index < -0.39 is 90.8 Å². The number of nitrogens with one attached hydrogen (secondary N) is 5. The lowest BCUT2D eigenvalue weighted by atomic mass is 9.84. The lowest BCUT2D eigenvalue weighted by Crippen LogP contribution is -2.60. The zero-order valence-corrected chi connectivity index (χ0v) is 32.3. The van der Waals surface area contributed by atoms with Gasteiger partial charge in [-0.05, 0) is 55.7 Å². The van der Waals surface area contributed by atoms with Crippen LogP contribution in [0.3, 0.4) is 0 Å². The van der Waals surface area contributed by atoms with Crippen molar-refractivity contribution < 1.29 is 48.9 Å². The van der Waals surface area contributed by atoms with Gasteiger partial charge in [-0.1, -0.05) is 44.2 Å². The van der Waals surface area contributed by atoms with Gasteiger partial charge in [0.1, 0.15) is 42.0 Å². The van der Waals surface area contributed by atoms with Crippen LogP contribution in [0.4, 0.5) is 0 Å². The number of carbonyl (C=O) groups is 7. The van der Waals surface area contributed by atoms with E-state index in [4.69, 9.17) is 17.2 Å². The molecule has 0 spiro atoms. The first-order chi connectivity index (χ1) is 27.1. The van der Waals surface area contributed by atoms with Crippen LogP contribution in [0.2, 0.25) is 0 Å². The fourth-order valence-corrected chi connectivity index (χ4v) is 7.07. The molecule has 1 aromatic rings. The summed E-state index contributed by atoms with van der Waals surface area (Å²) in [7, 11) is 0. The molecule has 316 valence electrons. The van der Waals surface area contributed by atoms with Crippen LogP contribution in [-0.2, 0) is 40.0 Å². The first kappa shape index (κ1) is 45.9. The summed E-state index contributed by atoms with van der Waals surface area (Å²) in [5.74, 6) is -5.24. The highest BCUT2D eigenvalue weighted by atomic mass is 16.3. The Morgan fingerprint density at radius 2 is 1.33 bits per heavy atom. The predicted octanol–water partition coefficient (Wildman–Crippen LogP) is -3.14. The number of aliphatic hydroxyl groups excluding tert-OH is 2. The zero-order valence-electron chi connectivity index (χ0n) is 32.3. The monoisotopic (exact) mass is 802 g/mol. The van der Waals surface area contributed by atoms with Gasteiger partial charge in [0.15, 0.2) is 5.96 Å². The molecule has 1 saturated carbocycles. The third-order valence-corrected chi connectivity index (χ3v) is 10.1. The van der Waals surface area contributed by atoms with Gasteiger partial charge < -0.3 is 64.0 Å². The Morgan fingerprint density at radius 3 is 1.91 bits per heavy atom. The number of hydrogen-bond acceptors (Lipinski definition) is 11. The number of aromatic hydroxyl groups is 1. The second-order valence-corrected chi connectivity index (χ2v) is 14.5. The molecule has 57 heavy (non-hydrogen) atoms. The molecule has 0 unspecified atom stereocenters. The van der Waals surface area contributed by atoms with E-state index in [2.05, 4.69) is 31.6 Å². The number of likely N-dealkylation sites (tertiary alicyclic amines) is 1. The number of carbonyl (C=O) groups excluding carboxylic acids is 7. The number of nitrogens with zero attached hydrogens (tertiary/aromatic N) is 2. The highest BCUT2D eigenvalue weighted by molar-refractivity contribution is 5.97. The SMILES string of the molecule is CC(=O)N[C@@H](CO)C(=O)N[C@@H](CO)C(=O)N[C@@H](CC1CCCCC1)C(=O)N1CCC[C@@H]1C(=O)N[C@H](Cc1ccc(O)cc1)C(=O)N[C@@H](CCCN=C(N)N)C(N)=O. The van der Waals surface area contributed by atoms with E-state index in [0.717, 1.165) is 39.0 Å². The number of phenolic OH excluding ortho intramolecular Hbond substituents is 1. The zero-order chi connectivity index (χ0) is 42.1. The fraction of sp³-hybridized carbons (Fsp3) is 0.622. The van der Waals surface area contributed by atoms with E-state index in [9.17, 15) is 48.9 Å². The van der Waals surface area contributed by atoms with Gasteiger partial charge in [-0.25, -0.2) is 0 Å². The summed E-state index contributed by atoms with van der Waals surface area (Å²) in [5, 5.41) is 41.9. The van der Waals surface area contributed by atoms with E-state index in [1.165, 1.54) is 17.0 Å². The molecule has 20 heteroatoms. The van der Waals surface area contributed by atoms with Gasteiger partial charge in [-0.15, -0.1) is 0 Å². The highest BCUT2D eigenvalue weighted by Gasteiger charge is 2.40. The number of rotatable bonds is 21. The fourth-order valence-electron chi connectivity index (χ4n) is 7.07. The van der Waals surface area contributed by atoms with Gasteiger partial charge in [0, 0.05) is 26.4 Å². The van der Waals surface area contributed by atoms with Crippen molar-refractivity contribution in [1.82, 2.24) is 31.5 Å². The number of hydrogen-bond donors (Lipinski definition) is 11. The quantitative estimate of drug-likeness (QED) is 0.0334. The molecule has 20 nitrogen and oxygen atoms in total. The van der Waals surface area contributed by atoms with Crippen LogP contribution < -0.4 is 43.8 Å². The Bertz CT molecular complexity index is 1580. The smallest absolute Gasteiger partial charge is 0.245 e. The molecular formula is C37H58N10O10. The molecule has 1 heterocycles. The van der Waals surface area contributed by atoms with Crippen LogP contribution in [0.1, 0.15) is 76.7 Å². The standard InChI is InChI=1S/C37H58N10O10/c1-21(50)42-28(19-48)33(54)46-29(20-49)34(55)45-27(18-22-7-3-2-4-8-22)36(57)47-16-6-10-30(47)35(56)44-26(17-23-11-13-24(51)14-12-23)32(53)43-25(31(38)52)9-5-15-41-37(39)40/h11-14,22,25-30,48-49,51H,2-10,15-20H2,1H3,(H2,38,52)(H,42,50)(H,43,53)(H,44,56)(H,45,55)(H,46,54)(H4,39,40,41)/t25-,26+,27-,28-,29-,30+/m0/s1. The molecule has 6 atom stereocenters. The first-order valence-corrected chi connectivity index (χ1v) is 19.3. The molecule has 7 amide bonds. The average Bonchev–Trinajstić information content (AvgIpc) is 3.67. The molecule has 1 aliphatic heterocycles. The number of aliphatic hydroxyl groups is 2. The minimum Gasteiger partial charge on any atom is -0.508 e. The average molecular weight is 803 g/mol. The molecule has 0 radical (unpaired) electrons. The van der Waals surface area contributed by atoms with Crippen molar-refractivity contribution in [3.05, 3.63) is 29.8 Å². The maximum Gasteiger partial charge on any atom is 0.245 e. The van der Waals surface area contributed by atoms with Crippen LogP contribution in [0.15, 0.2) is 29.3 Å². The van der Waals surface area contributed by atoms with Crippen molar-refractivity contribution in [2.24, 2.45) is 28.1 Å². The molecule has 1 aliphatic carbocycles. The van der Waals surface area contributed by atoms with Crippen LogP contribution in [0, 0.1) is 5.92 Å². The third-order valence-electron chi connectivity index (χ3n) is 10.1. The van der Waals surface area contributed by atoms with Crippen molar-refractivity contribution in [2.75, 3.05) is 26.3 Å². The lowest BCUT2D eigenvalue weighted by molar-refractivity contribution is -0.143. The van der Waals surface area contributed by atoms with E-state index >= 15 is 0 Å². The van der Waals surface area contributed by atoms with E-state index in [-0.39, 0.29) is 56.4 Å². The number of benzene rings is 1. The lowest BCUT2D eigenvalue weighted by Gasteiger charge is -2.33. The first-order valence-electron chi connectivity index (χ1n) is 19.3. The maximum atomic E-state index is 14.3. The van der Waals surface area contributed by atoms with Crippen LogP contribution in [0.25, 0.3) is 0 Å². The summed E-state index contributed by atoms with van der Waals surface area (Å²) in [4.78, 5) is 97.2. The summed E-state index contributed by atoms with van der Waals surface area (Å²) in [5.41, 5.74) is 16.9. The van der Waals surface area contributed by atoms with Crippen molar-refractivity contribution in [2.45, 2.75) is 114 Å². The number of nitrogens with two attached hydrogens (primary N) is 3. The van der Waals surface area contributed by atoms with Crippen molar-refractivity contribution in [1.29, 1.82) is 0 Å². The van der Waals surface area contributed by atoms with Gasteiger partial charge >= 0.3 is 0 Å². The van der Waals surface area contributed by atoms with E-state index in [1.54, 1.807) is 12.1 Å². The predicted molar refractivity (Wildman–Crippen MR) is 206 cm³/mol. The Labute approximate surface area is 331 Å². The molecule has 2 fully saturated rings. The molecular weight excluding hydrogens is 744 g/mol. The molecule has 1 saturated heterocycles. The minimum absolute atomic E-state index is 0.0135. The summed E-state index contributed by atoms with van der Waals surface area (Å²) < 4.78 is 0. The van der Waals surface area contributed by atoms with Gasteiger partial charge in [0.2, 0.25) is 41.4 Å². The molecule has 14 N–H and O–H groups in total. The normalized spacial score (nSPS) is 18.2. The third kappa shape index (κ3) is 14.8. The van der Waals surface area contributed by atoms with E-state index in [1.807, 2.05) is 0 Å². The van der Waals surface area contributed by atoms with Crippen LogP contribution in [0.5, 0.6) is 5.75 Å². The summed E-state index contributed by atoms with van der Waals surface area (Å²) in [6, 6.07) is -1.49. The van der Waals surface area contributed by atoms with Gasteiger partial charge in [-0.3, -0.25) is 38.6 Å². The van der Waals surface area contributed by atoms with Crippen molar-refractivity contribution in [3.8, 4) is 5.75 Å². The molecule has 0 aromatic heterocycles. The summed E-state index contributed by atoms with van der Waals surface area (Å²) >= 11 is 0. The van der Waals surface area contributed by atoms with Crippen molar-refractivity contribution in [3.63, 3.8) is 0 Å². The number of primary amides is 1. The van der Waals surface area contributed by atoms with Gasteiger partial charge in [-0.2, -0.15) is 0 Å². The molecule has 0 bridgehead atoms. The van der Waals surface area contributed by atoms with Crippen LogP contribution >= 0.6 is 0 Å². The Balaban J connectivity index is 1.82. The minimum atomic E-state index is -1.53. The van der Waals surface area contributed by atoms with Gasteiger partial charge in [0.25, 0.3) is 0 Å². The molecule has 2 aliphatic rings. The molecule has 3 rings (SSSR count). The second-order valence-electron chi connectivity index (χ2n) is 14.5. The molecule has 1 aromatic carbocycles. The number of amides is 7. The van der Waals surface area contributed by atoms with E-state index in [0.29, 0.717) is 18.4 Å². The Kier molecular flexibility index (Phi) is 18.4. The van der Waals surface area contributed by atoms with Gasteiger partial charge in [0.05, 0.1) is 13.2 Å². The second kappa shape index (κ2) is 22.9. The number of phenols is 1. The van der Waals surface area contributed by atoms with Crippen LogP contribution in [-0.4, -0.2) is 130 Å². The maximum absolute atomic E-state index is 14.3. The number of guanidine groups is 1.